The van der Waals surface area contributed by atoms with Crippen molar-refractivity contribution in [2.24, 2.45) is 0 Å². The predicted octanol–water partition coefficient (Wildman–Crippen LogP) is 0.721. The molecule has 0 aromatic rings. The average molecular weight is 187 g/mol. The topological polar surface area (TPSA) is 27.7 Å². The Labute approximate surface area is 68.0 Å². The van der Waals surface area contributed by atoms with Crippen LogP contribution < -0.4 is 0 Å². The molecule has 9 heteroatoms. The third kappa shape index (κ3) is 2.57. The van der Waals surface area contributed by atoms with Crippen molar-refractivity contribution in [1.29, 1.82) is 0 Å². The second-order valence-corrected chi connectivity index (χ2v) is 2.30. The molecule has 0 aromatic carbocycles. The first-order valence-electron chi connectivity index (χ1n) is 2.07. The summed E-state index contributed by atoms with van der Waals surface area (Å²) in [6.07, 6.45) is 0. The molecular weight excluding hydrogens is 187 g/mol. The molecule has 3 nitrogen and oxygen atoms in total. The van der Waals surface area contributed by atoms with E-state index in [2.05, 4.69) is 13.7 Å². The molecule has 1 saturated heterocycles. The van der Waals surface area contributed by atoms with Crippen molar-refractivity contribution in [2.75, 3.05) is 0 Å². The summed E-state index contributed by atoms with van der Waals surface area (Å²) in [4.78, 5) is 0. The lowest BCUT2D eigenvalue weighted by Gasteiger charge is -2.19. The van der Waals surface area contributed by atoms with Crippen LogP contribution in [-0.2, 0) is 13.7 Å². The number of rotatable bonds is 0. The van der Waals surface area contributed by atoms with Gasteiger partial charge in [-0.05, 0) is 0 Å². The zero-order valence-corrected chi connectivity index (χ0v) is 6.36. The molecule has 0 saturated carbocycles. The fraction of sp³-hybridized carbons (Fsp3) is 0. The Morgan fingerprint density at radius 1 is 0.667 bits per heavy atom. The number of hydrogen-bond donors (Lipinski definition) is 0. The van der Waals surface area contributed by atoms with E-state index in [1.54, 1.807) is 0 Å². The highest BCUT2D eigenvalue weighted by atomic mass is 35.5. The first kappa shape index (κ1) is 8.05. The van der Waals surface area contributed by atoms with Crippen LogP contribution >= 0.6 is 34.4 Å². The highest BCUT2D eigenvalue weighted by Crippen LogP contribution is 2.14. The minimum Gasteiger partial charge on any atom is -0.425 e. The van der Waals surface area contributed by atoms with Crippen molar-refractivity contribution in [2.45, 2.75) is 0 Å². The van der Waals surface area contributed by atoms with Gasteiger partial charge in [-0.25, -0.2) is 0 Å². The Hall–Kier alpha value is 0.945. The lowest BCUT2D eigenvalue weighted by molar-refractivity contribution is 0.325. The molecule has 1 fully saturated rings. The summed E-state index contributed by atoms with van der Waals surface area (Å²) in [5.74, 6) is 0. The standard InChI is InChI=1S/B3Cl3O3/c4-1-7-2(5)9-3(6)8-1. The molecule has 0 N–H and O–H groups in total. The maximum absolute atomic E-state index is 5.31. The highest BCUT2D eigenvalue weighted by molar-refractivity contribution is 7.18. The molecular formula is B3Cl3O3. The number of halogens is 3. The van der Waals surface area contributed by atoms with Crippen LogP contribution in [-0.4, -0.2) is 19.6 Å². The summed E-state index contributed by atoms with van der Waals surface area (Å²) in [7, 11) is 0. The molecule has 0 radical (unpaired) electrons. The first-order valence-corrected chi connectivity index (χ1v) is 3.38. The van der Waals surface area contributed by atoms with Gasteiger partial charge in [-0.3, -0.25) is 0 Å². The van der Waals surface area contributed by atoms with Crippen LogP contribution in [0.3, 0.4) is 0 Å². The van der Waals surface area contributed by atoms with Crippen LogP contribution in [0.15, 0.2) is 0 Å². The van der Waals surface area contributed by atoms with Crippen LogP contribution in [0.2, 0.25) is 0 Å². The average Bonchev–Trinajstić information content (AvgIpc) is 1.59. The van der Waals surface area contributed by atoms with Gasteiger partial charge in [0.05, 0.1) is 0 Å². The SMILES string of the molecule is ClB1OB(Cl)OB(Cl)O1. The Morgan fingerprint density at radius 2 is 0.889 bits per heavy atom. The molecule has 1 rings (SSSR count). The van der Waals surface area contributed by atoms with Crippen molar-refractivity contribution in [3.8, 4) is 0 Å². The molecule has 1 aliphatic rings. The highest BCUT2D eigenvalue weighted by Gasteiger charge is 2.38. The zero-order valence-electron chi connectivity index (χ0n) is 4.09. The quantitative estimate of drug-likeness (QED) is 0.522. The fourth-order valence-corrected chi connectivity index (χ4v) is 1.07. The largest absolute Gasteiger partial charge is 0.545 e. The minimum absolute atomic E-state index is 0.927. The monoisotopic (exact) mass is 186 g/mol. The maximum atomic E-state index is 5.31. The van der Waals surface area contributed by atoms with Crippen LogP contribution in [0.5, 0.6) is 0 Å². The molecule has 0 spiro atoms. The van der Waals surface area contributed by atoms with E-state index < -0.39 is 19.6 Å². The van der Waals surface area contributed by atoms with Gasteiger partial charge >= 0.3 is 19.6 Å². The molecule has 9 heavy (non-hydrogen) atoms. The second-order valence-electron chi connectivity index (χ2n) is 1.23. The van der Waals surface area contributed by atoms with E-state index >= 15 is 0 Å². The van der Waals surface area contributed by atoms with Gasteiger partial charge in [0.1, 0.15) is 0 Å². The summed E-state index contributed by atoms with van der Waals surface area (Å²) in [6.45, 7) is -2.78. The van der Waals surface area contributed by atoms with E-state index in [1.165, 1.54) is 0 Å². The van der Waals surface area contributed by atoms with Crippen LogP contribution in [0.1, 0.15) is 0 Å². The normalized spacial score (nSPS) is 21.0. The Balaban J connectivity index is 2.34. The van der Waals surface area contributed by atoms with E-state index in [9.17, 15) is 0 Å². The smallest absolute Gasteiger partial charge is 0.425 e. The Bertz CT molecular complexity index is 75.3. The lowest BCUT2D eigenvalue weighted by Crippen LogP contribution is -2.41. The summed E-state index contributed by atoms with van der Waals surface area (Å²) in [5, 5.41) is 0. The molecule has 1 aliphatic heterocycles. The number of hydrogen-bond acceptors (Lipinski definition) is 3. The Kier molecular flexibility index (Phi) is 3.01. The Morgan fingerprint density at radius 3 is 1.11 bits per heavy atom. The molecule has 0 unspecified atom stereocenters. The minimum atomic E-state index is -0.927. The van der Waals surface area contributed by atoms with Crippen molar-refractivity contribution >= 4 is 54.0 Å². The molecule has 0 aliphatic carbocycles. The lowest BCUT2D eigenvalue weighted by atomic mass is 10.1. The van der Waals surface area contributed by atoms with Crippen LogP contribution in [0.4, 0.5) is 0 Å². The van der Waals surface area contributed by atoms with E-state index in [4.69, 9.17) is 34.4 Å². The van der Waals surface area contributed by atoms with Gasteiger partial charge in [0.25, 0.3) is 0 Å². The van der Waals surface area contributed by atoms with Gasteiger partial charge in [0.15, 0.2) is 0 Å². The first-order chi connectivity index (χ1) is 4.18. The van der Waals surface area contributed by atoms with Crippen molar-refractivity contribution < 1.29 is 13.7 Å². The van der Waals surface area contributed by atoms with E-state index in [0.717, 1.165) is 0 Å². The summed E-state index contributed by atoms with van der Waals surface area (Å²) in [5.41, 5.74) is 0. The van der Waals surface area contributed by atoms with Gasteiger partial charge in [-0.1, -0.05) is 0 Å². The van der Waals surface area contributed by atoms with E-state index in [-0.39, 0.29) is 0 Å². The molecule has 1 heterocycles. The van der Waals surface area contributed by atoms with Gasteiger partial charge < -0.3 is 13.7 Å². The molecule has 0 bridgehead atoms. The molecule has 0 amide bonds. The van der Waals surface area contributed by atoms with Crippen LogP contribution in [0, 0.1) is 0 Å². The van der Waals surface area contributed by atoms with Gasteiger partial charge in [0.2, 0.25) is 0 Å². The maximum Gasteiger partial charge on any atom is 0.545 e. The third-order valence-corrected chi connectivity index (χ3v) is 1.26. The summed E-state index contributed by atoms with van der Waals surface area (Å²) in [6, 6.07) is 0. The third-order valence-electron chi connectivity index (χ3n) is 0.642. The van der Waals surface area contributed by atoms with Crippen molar-refractivity contribution in [1.82, 2.24) is 0 Å². The molecule has 48 valence electrons. The molecule has 0 aromatic heterocycles. The van der Waals surface area contributed by atoms with Crippen molar-refractivity contribution in [3.05, 3.63) is 0 Å². The van der Waals surface area contributed by atoms with Gasteiger partial charge in [-0.15, -0.1) is 34.4 Å². The van der Waals surface area contributed by atoms with E-state index in [1.807, 2.05) is 0 Å². The van der Waals surface area contributed by atoms with Crippen molar-refractivity contribution in [3.63, 3.8) is 0 Å². The summed E-state index contributed by atoms with van der Waals surface area (Å²) >= 11 is 15.9. The van der Waals surface area contributed by atoms with Gasteiger partial charge in [-0.2, -0.15) is 0 Å². The van der Waals surface area contributed by atoms with E-state index in [0.29, 0.717) is 0 Å². The van der Waals surface area contributed by atoms with Gasteiger partial charge in [0, 0.05) is 0 Å². The second kappa shape index (κ2) is 3.37. The van der Waals surface area contributed by atoms with Crippen LogP contribution in [0.25, 0.3) is 0 Å². The zero-order chi connectivity index (χ0) is 6.85. The fourth-order valence-electron chi connectivity index (χ4n) is 0.349. The molecule has 0 atom stereocenters. The summed E-state index contributed by atoms with van der Waals surface area (Å²) < 4.78 is 13.7. The predicted molar refractivity (Wildman–Crippen MR) is 38.1 cm³/mol.